The first kappa shape index (κ1) is 22.2. The van der Waals surface area contributed by atoms with E-state index in [0.717, 1.165) is 23.4 Å². The summed E-state index contributed by atoms with van der Waals surface area (Å²) in [6.45, 7) is 0.430. The summed E-state index contributed by atoms with van der Waals surface area (Å²) in [7, 11) is 0. The number of rotatable bonds is 7. The van der Waals surface area contributed by atoms with E-state index in [0.29, 0.717) is 29.2 Å². The van der Waals surface area contributed by atoms with Crippen LogP contribution in [0.1, 0.15) is 21.7 Å². The zero-order valence-electron chi connectivity index (χ0n) is 17.1. The van der Waals surface area contributed by atoms with Crippen molar-refractivity contribution in [3.05, 3.63) is 90.5 Å². The smallest absolute Gasteiger partial charge is 0.305 e. The molecule has 0 aliphatic heterocycles. The van der Waals surface area contributed by atoms with Gasteiger partial charge in [0.1, 0.15) is 11.4 Å². The Hall–Kier alpha value is -4.05. The lowest BCUT2D eigenvalue weighted by atomic mass is 10.1. The molecule has 4 aromatic rings. The first-order valence-electron chi connectivity index (χ1n) is 9.85. The van der Waals surface area contributed by atoms with Crippen LogP contribution in [0.25, 0.3) is 22.5 Å². The Kier molecular flexibility index (Phi) is 6.45. The predicted octanol–water partition coefficient (Wildman–Crippen LogP) is 3.99. The normalized spacial score (nSPS) is 11.4. The molecule has 4 heterocycles. The number of pyridine rings is 3. The molecule has 0 saturated carbocycles. The number of ketones is 1. The number of carbonyl (C=O) groups excluding carboxylic acids is 1. The lowest BCUT2D eigenvalue weighted by molar-refractivity contribution is -0.141. The maximum absolute atomic E-state index is 12.8. The van der Waals surface area contributed by atoms with E-state index in [1.807, 2.05) is 0 Å². The third kappa shape index (κ3) is 5.60. The molecule has 4 aromatic heterocycles. The Labute approximate surface area is 186 Å². The highest BCUT2D eigenvalue weighted by atomic mass is 19.4. The summed E-state index contributed by atoms with van der Waals surface area (Å²) in [4.78, 5) is 32.3. The molecule has 0 atom stereocenters. The molecule has 4 rings (SSSR count). The monoisotopic (exact) mass is 450 g/mol. The molecular weight excluding hydrogens is 433 g/mol. The molecule has 1 N–H and O–H groups in total. The molecule has 33 heavy (non-hydrogen) atoms. The molecule has 0 saturated heterocycles. The van der Waals surface area contributed by atoms with Crippen LogP contribution in [0.2, 0.25) is 0 Å². The number of nitrogens with zero attached hydrogens (tertiary/aromatic N) is 5. The molecular formula is C23H17F3N6O. The molecule has 7 nitrogen and oxygen atoms in total. The average molecular weight is 450 g/mol. The summed E-state index contributed by atoms with van der Waals surface area (Å²) < 4.78 is 38.5. The minimum atomic E-state index is -4.52. The summed E-state index contributed by atoms with van der Waals surface area (Å²) in [5, 5.41) is 3.02. The fourth-order valence-electron chi connectivity index (χ4n) is 3.01. The summed E-state index contributed by atoms with van der Waals surface area (Å²) in [6, 6.07) is 9.19. The Morgan fingerprint density at radius 1 is 0.818 bits per heavy atom. The van der Waals surface area contributed by atoms with Gasteiger partial charge in [-0.25, -0.2) is 0 Å². The number of carbonyl (C=O) groups is 1. The third-order valence-electron chi connectivity index (χ3n) is 4.69. The fraction of sp³-hybridized carbons (Fsp3) is 0.130. The van der Waals surface area contributed by atoms with E-state index in [2.05, 4.69) is 30.2 Å². The van der Waals surface area contributed by atoms with Gasteiger partial charge in [0, 0.05) is 48.7 Å². The number of nitrogens with one attached hydrogen (secondary N) is 1. The van der Waals surface area contributed by atoms with Gasteiger partial charge in [0.05, 0.1) is 24.1 Å². The molecule has 0 unspecified atom stereocenters. The van der Waals surface area contributed by atoms with Gasteiger partial charge in [-0.1, -0.05) is 6.07 Å². The van der Waals surface area contributed by atoms with Crippen LogP contribution in [0.5, 0.6) is 0 Å². The van der Waals surface area contributed by atoms with Crippen molar-refractivity contribution in [1.82, 2.24) is 30.2 Å². The Bertz CT molecular complexity index is 1230. The van der Waals surface area contributed by atoms with Crippen molar-refractivity contribution in [3.63, 3.8) is 0 Å². The second kappa shape index (κ2) is 9.61. The van der Waals surface area contributed by atoms with E-state index in [9.17, 15) is 18.0 Å². The summed E-state index contributed by atoms with van der Waals surface area (Å²) in [5.74, 6) is -0.179. The molecule has 0 aliphatic rings. The van der Waals surface area contributed by atoms with E-state index in [4.69, 9.17) is 0 Å². The SMILES string of the molecule is O=C(CNCc1ccc(-c2ccnc(C(F)(F)F)c2)nc1)c1ccc(-c2cnccn2)cn1. The lowest BCUT2D eigenvalue weighted by Gasteiger charge is -2.08. The van der Waals surface area contributed by atoms with Crippen molar-refractivity contribution in [2.45, 2.75) is 12.7 Å². The van der Waals surface area contributed by atoms with Gasteiger partial charge in [-0.05, 0) is 35.9 Å². The van der Waals surface area contributed by atoms with Crippen molar-refractivity contribution in [3.8, 4) is 22.5 Å². The van der Waals surface area contributed by atoms with Crippen molar-refractivity contribution < 1.29 is 18.0 Å². The quantitative estimate of drug-likeness (QED) is 0.426. The minimum absolute atomic E-state index is 0.0680. The minimum Gasteiger partial charge on any atom is -0.305 e. The molecule has 0 amide bonds. The highest BCUT2D eigenvalue weighted by Crippen LogP contribution is 2.29. The van der Waals surface area contributed by atoms with E-state index < -0.39 is 11.9 Å². The second-order valence-corrected chi connectivity index (χ2v) is 7.03. The van der Waals surface area contributed by atoms with Crippen LogP contribution in [0, 0.1) is 0 Å². The number of Topliss-reactive ketones (excluding diaryl/α,β-unsaturated/α-hetero) is 1. The maximum Gasteiger partial charge on any atom is 0.433 e. The predicted molar refractivity (Wildman–Crippen MR) is 114 cm³/mol. The second-order valence-electron chi connectivity index (χ2n) is 7.03. The topological polar surface area (TPSA) is 93.6 Å². The van der Waals surface area contributed by atoms with Crippen molar-refractivity contribution in [2.24, 2.45) is 0 Å². The molecule has 166 valence electrons. The largest absolute Gasteiger partial charge is 0.433 e. The zero-order valence-corrected chi connectivity index (χ0v) is 17.1. The van der Waals surface area contributed by atoms with Gasteiger partial charge in [-0.2, -0.15) is 13.2 Å². The Morgan fingerprint density at radius 3 is 2.36 bits per heavy atom. The first-order chi connectivity index (χ1) is 15.9. The van der Waals surface area contributed by atoms with Crippen molar-refractivity contribution in [2.75, 3.05) is 6.54 Å². The van der Waals surface area contributed by atoms with Crippen molar-refractivity contribution in [1.29, 1.82) is 0 Å². The maximum atomic E-state index is 12.8. The Morgan fingerprint density at radius 2 is 1.70 bits per heavy atom. The Balaban J connectivity index is 1.32. The first-order valence-corrected chi connectivity index (χ1v) is 9.85. The standard InChI is InChI=1S/C23H17F3N6O/c24-23(25,26)22-9-16(5-6-30-22)18-3-1-15(11-31-18)10-28-14-21(33)19-4-2-17(12-32-19)20-13-27-7-8-29-20/h1-9,11-13,28H,10,14H2. The highest BCUT2D eigenvalue weighted by molar-refractivity contribution is 5.96. The fourth-order valence-corrected chi connectivity index (χ4v) is 3.01. The van der Waals surface area contributed by atoms with E-state index in [1.165, 1.54) is 6.07 Å². The molecule has 0 fully saturated rings. The number of hydrogen-bond acceptors (Lipinski definition) is 7. The van der Waals surface area contributed by atoms with Crippen molar-refractivity contribution >= 4 is 5.78 Å². The summed E-state index contributed by atoms with van der Waals surface area (Å²) in [6.07, 6.45) is 4.48. The van der Waals surface area contributed by atoms with E-state index in [1.54, 1.807) is 55.2 Å². The van der Waals surface area contributed by atoms with Gasteiger partial charge in [-0.3, -0.25) is 29.7 Å². The van der Waals surface area contributed by atoms with Gasteiger partial charge in [0.2, 0.25) is 0 Å². The average Bonchev–Trinajstić information content (AvgIpc) is 2.84. The van der Waals surface area contributed by atoms with Crippen LogP contribution in [-0.2, 0) is 12.7 Å². The van der Waals surface area contributed by atoms with Gasteiger partial charge in [0.25, 0.3) is 0 Å². The van der Waals surface area contributed by atoms with Gasteiger partial charge >= 0.3 is 6.18 Å². The van der Waals surface area contributed by atoms with Crippen LogP contribution in [0.15, 0.2) is 73.6 Å². The number of hydrogen-bond donors (Lipinski definition) is 1. The molecule has 0 aromatic carbocycles. The van der Waals surface area contributed by atoms with Crippen LogP contribution in [0.3, 0.4) is 0 Å². The number of aromatic nitrogens is 5. The van der Waals surface area contributed by atoms with E-state index in [-0.39, 0.29) is 12.3 Å². The molecule has 0 bridgehead atoms. The van der Waals surface area contributed by atoms with Gasteiger partial charge in [-0.15, -0.1) is 0 Å². The van der Waals surface area contributed by atoms with E-state index >= 15 is 0 Å². The molecule has 0 spiro atoms. The number of halogens is 3. The molecule has 10 heteroatoms. The lowest BCUT2D eigenvalue weighted by Crippen LogP contribution is -2.23. The molecule has 0 aliphatic carbocycles. The summed E-state index contributed by atoms with van der Waals surface area (Å²) >= 11 is 0. The van der Waals surface area contributed by atoms with Crippen LogP contribution in [0.4, 0.5) is 13.2 Å². The third-order valence-corrected chi connectivity index (χ3v) is 4.69. The van der Waals surface area contributed by atoms with Crippen LogP contribution < -0.4 is 5.32 Å². The highest BCUT2D eigenvalue weighted by Gasteiger charge is 2.32. The molecule has 0 radical (unpaired) electrons. The number of alkyl halides is 3. The zero-order chi connectivity index (χ0) is 23.3. The van der Waals surface area contributed by atoms with Crippen LogP contribution >= 0.6 is 0 Å². The summed E-state index contributed by atoms with van der Waals surface area (Å²) in [5.41, 5.74) is 2.28. The van der Waals surface area contributed by atoms with Gasteiger partial charge in [0.15, 0.2) is 5.78 Å². The van der Waals surface area contributed by atoms with Crippen LogP contribution in [-0.4, -0.2) is 37.2 Å². The van der Waals surface area contributed by atoms with Gasteiger partial charge < -0.3 is 5.32 Å².